The molecule has 2 aliphatic rings. The van der Waals surface area contributed by atoms with Crippen LogP contribution in [0.15, 0.2) is 24.3 Å². The largest absolute Gasteiger partial charge is 0.389 e. The second-order valence-corrected chi connectivity index (χ2v) is 6.50. The molecular weight excluding hydrogens is 276 g/mol. The topological polar surface area (TPSA) is 44.7 Å². The lowest BCUT2D eigenvalue weighted by Gasteiger charge is -2.25. The molecule has 22 heavy (non-hydrogen) atoms. The third-order valence-electron chi connectivity index (χ3n) is 5.12. The van der Waals surface area contributed by atoms with Gasteiger partial charge in [0.2, 0.25) is 0 Å². The summed E-state index contributed by atoms with van der Waals surface area (Å²) in [6.07, 6.45) is 1.63. The number of ether oxygens (including phenoxy) is 1. The van der Waals surface area contributed by atoms with Crippen molar-refractivity contribution in [3.8, 4) is 0 Å². The number of nitrogens with one attached hydrogen (secondary N) is 1. The van der Waals surface area contributed by atoms with E-state index in [1.165, 1.54) is 11.1 Å². The number of rotatable bonds is 6. The lowest BCUT2D eigenvalue weighted by Crippen LogP contribution is -2.48. The molecule has 0 saturated carbocycles. The number of benzene rings is 1. The Kier molecular flexibility index (Phi) is 5.14. The SMILES string of the molecule is CCN(CC)C[C@@H]1OC[C@@H](NC2Cc3ccccc3C2)[C@H]1O. The lowest BCUT2D eigenvalue weighted by atomic mass is 10.1. The van der Waals surface area contributed by atoms with E-state index >= 15 is 0 Å². The zero-order valence-corrected chi connectivity index (χ0v) is 13.7. The maximum Gasteiger partial charge on any atom is 0.0989 e. The zero-order chi connectivity index (χ0) is 15.5. The molecule has 1 aromatic rings. The highest BCUT2D eigenvalue weighted by Crippen LogP contribution is 2.24. The van der Waals surface area contributed by atoms with E-state index in [4.69, 9.17) is 4.74 Å². The fourth-order valence-electron chi connectivity index (χ4n) is 3.71. The van der Waals surface area contributed by atoms with Gasteiger partial charge in [-0.3, -0.25) is 0 Å². The highest BCUT2D eigenvalue weighted by atomic mass is 16.5. The van der Waals surface area contributed by atoms with E-state index in [1.807, 2.05) is 0 Å². The Morgan fingerprint density at radius 1 is 1.18 bits per heavy atom. The van der Waals surface area contributed by atoms with Crippen LogP contribution in [0.3, 0.4) is 0 Å². The first-order valence-electron chi connectivity index (χ1n) is 8.56. The molecule has 0 aromatic heterocycles. The van der Waals surface area contributed by atoms with Crippen LogP contribution < -0.4 is 5.32 Å². The number of aliphatic hydroxyl groups is 1. The Hall–Kier alpha value is -0.940. The van der Waals surface area contributed by atoms with Gasteiger partial charge in [0.05, 0.1) is 24.9 Å². The van der Waals surface area contributed by atoms with Gasteiger partial charge in [0.25, 0.3) is 0 Å². The molecule has 0 amide bonds. The van der Waals surface area contributed by atoms with Crippen LogP contribution in [0.2, 0.25) is 0 Å². The summed E-state index contributed by atoms with van der Waals surface area (Å²) in [5.41, 5.74) is 2.88. The first-order valence-corrected chi connectivity index (χ1v) is 8.56. The molecule has 0 bridgehead atoms. The summed E-state index contributed by atoms with van der Waals surface area (Å²) in [4.78, 5) is 2.31. The van der Waals surface area contributed by atoms with Crippen molar-refractivity contribution in [3.05, 3.63) is 35.4 Å². The zero-order valence-electron chi connectivity index (χ0n) is 13.7. The van der Waals surface area contributed by atoms with Gasteiger partial charge in [-0.25, -0.2) is 0 Å². The molecule has 3 atom stereocenters. The minimum absolute atomic E-state index is 0.0554. The lowest BCUT2D eigenvalue weighted by molar-refractivity contribution is 0.0169. The van der Waals surface area contributed by atoms with Crippen molar-refractivity contribution in [2.24, 2.45) is 0 Å². The van der Waals surface area contributed by atoms with E-state index in [0.29, 0.717) is 12.6 Å². The van der Waals surface area contributed by atoms with Crippen molar-refractivity contribution in [3.63, 3.8) is 0 Å². The van der Waals surface area contributed by atoms with Crippen molar-refractivity contribution in [2.45, 2.75) is 51.0 Å². The van der Waals surface area contributed by atoms with Gasteiger partial charge in [-0.1, -0.05) is 38.1 Å². The number of likely N-dealkylation sites (N-methyl/N-ethyl adjacent to an activating group) is 1. The molecule has 1 heterocycles. The van der Waals surface area contributed by atoms with Gasteiger partial charge in [-0.15, -0.1) is 0 Å². The third-order valence-corrected chi connectivity index (χ3v) is 5.12. The van der Waals surface area contributed by atoms with Gasteiger partial charge >= 0.3 is 0 Å². The normalized spacial score (nSPS) is 28.5. The molecule has 0 spiro atoms. The van der Waals surface area contributed by atoms with Crippen LogP contribution in [-0.2, 0) is 17.6 Å². The van der Waals surface area contributed by atoms with E-state index in [0.717, 1.165) is 32.5 Å². The van der Waals surface area contributed by atoms with Crippen LogP contribution in [0.25, 0.3) is 0 Å². The van der Waals surface area contributed by atoms with Gasteiger partial charge < -0.3 is 20.1 Å². The molecule has 4 nitrogen and oxygen atoms in total. The number of fused-ring (bicyclic) bond motifs is 1. The molecule has 1 aliphatic heterocycles. The maximum absolute atomic E-state index is 10.6. The molecule has 1 saturated heterocycles. The molecular formula is C18H28N2O2. The summed E-state index contributed by atoms with van der Waals surface area (Å²) in [5.74, 6) is 0. The van der Waals surface area contributed by atoms with Gasteiger partial charge in [-0.2, -0.15) is 0 Å². The smallest absolute Gasteiger partial charge is 0.0989 e. The van der Waals surface area contributed by atoms with Crippen molar-refractivity contribution in [1.82, 2.24) is 10.2 Å². The first kappa shape index (κ1) is 15.9. The Balaban J connectivity index is 1.52. The molecule has 3 rings (SSSR count). The summed E-state index contributed by atoms with van der Waals surface area (Å²) in [7, 11) is 0. The summed E-state index contributed by atoms with van der Waals surface area (Å²) in [6.45, 7) is 7.72. The minimum atomic E-state index is -0.413. The van der Waals surface area contributed by atoms with Crippen molar-refractivity contribution < 1.29 is 9.84 Å². The van der Waals surface area contributed by atoms with Crippen LogP contribution in [0.4, 0.5) is 0 Å². The molecule has 122 valence electrons. The van der Waals surface area contributed by atoms with Crippen LogP contribution in [0, 0.1) is 0 Å². The molecule has 4 heteroatoms. The summed E-state index contributed by atoms with van der Waals surface area (Å²) in [6, 6.07) is 9.11. The quantitative estimate of drug-likeness (QED) is 0.829. The van der Waals surface area contributed by atoms with E-state index in [9.17, 15) is 5.11 Å². The predicted molar refractivity (Wildman–Crippen MR) is 88.1 cm³/mol. The highest BCUT2D eigenvalue weighted by molar-refractivity contribution is 5.33. The van der Waals surface area contributed by atoms with Gasteiger partial charge in [0.15, 0.2) is 0 Å². The summed E-state index contributed by atoms with van der Waals surface area (Å²) < 4.78 is 5.85. The van der Waals surface area contributed by atoms with Crippen molar-refractivity contribution in [1.29, 1.82) is 0 Å². The fraction of sp³-hybridized carbons (Fsp3) is 0.667. The monoisotopic (exact) mass is 304 g/mol. The van der Waals surface area contributed by atoms with Gasteiger partial charge in [0.1, 0.15) is 0 Å². The first-order chi connectivity index (χ1) is 10.7. The van der Waals surface area contributed by atoms with E-state index in [2.05, 4.69) is 48.3 Å². The molecule has 0 unspecified atom stereocenters. The molecule has 0 radical (unpaired) electrons. The Morgan fingerprint density at radius 3 is 2.41 bits per heavy atom. The molecule has 1 aliphatic carbocycles. The Labute approximate surface area is 133 Å². The Morgan fingerprint density at radius 2 is 1.82 bits per heavy atom. The van der Waals surface area contributed by atoms with Gasteiger partial charge in [-0.05, 0) is 37.1 Å². The number of aliphatic hydroxyl groups excluding tert-OH is 1. The van der Waals surface area contributed by atoms with Crippen molar-refractivity contribution in [2.75, 3.05) is 26.2 Å². The highest BCUT2D eigenvalue weighted by Gasteiger charge is 2.38. The standard InChI is InChI=1S/C18H28N2O2/c1-3-20(4-2)11-17-18(21)16(12-22-17)19-15-9-13-7-5-6-8-14(13)10-15/h5-8,15-19,21H,3-4,9-12H2,1-2H3/t16-,17+,18-/m1/s1. The van der Waals surface area contributed by atoms with Crippen LogP contribution in [0.5, 0.6) is 0 Å². The second-order valence-electron chi connectivity index (χ2n) is 6.50. The average molecular weight is 304 g/mol. The van der Waals surface area contributed by atoms with Crippen LogP contribution >= 0.6 is 0 Å². The summed E-state index contributed by atoms with van der Waals surface area (Å²) >= 11 is 0. The Bertz CT molecular complexity index is 465. The van der Waals surface area contributed by atoms with E-state index < -0.39 is 6.10 Å². The van der Waals surface area contributed by atoms with Crippen LogP contribution in [-0.4, -0.2) is 60.5 Å². The molecule has 1 aromatic carbocycles. The third kappa shape index (κ3) is 3.35. The van der Waals surface area contributed by atoms with Crippen molar-refractivity contribution >= 4 is 0 Å². The summed E-state index contributed by atoms with van der Waals surface area (Å²) in [5, 5.41) is 14.2. The number of hydrogen-bond donors (Lipinski definition) is 2. The number of hydrogen-bond acceptors (Lipinski definition) is 4. The van der Waals surface area contributed by atoms with E-state index in [-0.39, 0.29) is 12.1 Å². The fourth-order valence-corrected chi connectivity index (χ4v) is 3.71. The molecule has 2 N–H and O–H groups in total. The predicted octanol–water partition coefficient (Wildman–Crippen LogP) is 1.21. The number of nitrogens with zero attached hydrogens (tertiary/aromatic N) is 1. The minimum Gasteiger partial charge on any atom is -0.389 e. The van der Waals surface area contributed by atoms with Crippen LogP contribution in [0.1, 0.15) is 25.0 Å². The van der Waals surface area contributed by atoms with Gasteiger partial charge in [0, 0.05) is 12.6 Å². The van der Waals surface area contributed by atoms with E-state index in [1.54, 1.807) is 0 Å². The molecule has 1 fully saturated rings. The second kappa shape index (κ2) is 7.09. The maximum atomic E-state index is 10.6. The average Bonchev–Trinajstić information content (AvgIpc) is 3.09.